The second-order valence-corrected chi connectivity index (χ2v) is 5.14. The van der Waals surface area contributed by atoms with Crippen molar-refractivity contribution in [1.82, 2.24) is 0 Å². The van der Waals surface area contributed by atoms with E-state index in [9.17, 15) is 9.90 Å². The molecule has 3 atom stereocenters. The fourth-order valence-electron chi connectivity index (χ4n) is 2.90. The Morgan fingerprint density at radius 3 is 2.16 bits per heavy atom. The van der Waals surface area contributed by atoms with Crippen molar-refractivity contribution in [2.24, 2.45) is 5.92 Å². The summed E-state index contributed by atoms with van der Waals surface area (Å²) in [5, 5.41) is 9.50. The molecule has 1 aliphatic carbocycles. The van der Waals surface area contributed by atoms with Crippen LogP contribution >= 0.6 is 0 Å². The summed E-state index contributed by atoms with van der Waals surface area (Å²) in [6.07, 6.45) is 0.968. The molecule has 3 rings (SSSR count). The number of carbonyl (C=O) groups is 1. The van der Waals surface area contributed by atoms with Gasteiger partial charge in [0.25, 0.3) is 0 Å². The average molecular weight is 252 g/mol. The molecule has 1 aliphatic rings. The van der Waals surface area contributed by atoms with Crippen LogP contribution in [0.5, 0.6) is 0 Å². The van der Waals surface area contributed by atoms with Crippen molar-refractivity contribution in [3.05, 3.63) is 71.8 Å². The minimum absolute atomic E-state index is 0.224. The van der Waals surface area contributed by atoms with Crippen LogP contribution in [0.15, 0.2) is 60.7 Å². The zero-order chi connectivity index (χ0) is 13.2. The number of hydrogen-bond acceptors (Lipinski definition) is 1. The Bertz CT molecular complexity index is 562. The third-order valence-electron chi connectivity index (χ3n) is 3.92. The molecular formula is C17H16O2. The van der Waals surface area contributed by atoms with Gasteiger partial charge in [-0.15, -0.1) is 0 Å². The molecular weight excluding hydrogens is 236 g/mol. The molecule has 0 bridgehead atoms. The van der Waals surface area contributed by atoms with Crippen LogP contribution in [0, 0.1) is 5.92 Å². The molecule has 1 fully saturated rings. The molecule has 19 heavy (non-hydrogen) atoms. The summed E-state index contributed by atoms with van der Waals surface area (Å²) in [4.78, 5) is 11.6. The molecule has 3 unspecified atom stereocenters. The fourth-order valence-corrected chi connectivity index (χ4v) is 2.90. The van der Waals surface area contributed by atoms with Crippen molar-refractivity contribution in [1.29, 1.82) is 0 Å². The van der Waals surface area contributed by atoms with Gasteiger partial charge >= 0.3 is 5.97 Å². The number of aliphatic carboxylic acids is 1. The Labute approximate surface area is 112 Å². The summed E-state index contributed by atoms with van der Waals surface area (Å²) in [5.41, 5.74) is 2.17. The highest BCUT2D eigenvalue weighted by molar-refractivity contribution is 5.77. The van der Waals surface area contributed by atoms with Gasteiger partial charge in [0.1, 0.15) is 0 Å². The SMILES string of the molecule is O=C(O)C(c1ccccc1)C1CC1c1ccccc1. The third kappa shape index (κ3) is 2.39. The third-order valence-corrected chi connectivity index (χ3v) is 3.92. The molecule has 96 valence electrons. The Kier molecular flexibility index (Phi) is 3.08. The van der Waals surface area contributed by atoms with Crippen molar-refractivity contribution >= 4 is 5.97 Å². The topological polar surface area (TPSA) is 37.3 Å². The molecule has 1 saturated carbocycles. The Morgan fingerprint density at radius 2 is 1.58 bits per heavy atom. The molecule has 1 N–H and O–H groups in total. The van der Waals surface area contributed by atoms with Gasteiger partial charge < -0.3 is 5.11 Å². The Hall–Kier alpha value is -2.09. The minimum atomic E-state index is -0.713. The lowest BCUT2D eigenvalue weighted by atomic mass is 9.92. The van der Waals surface area contributed by atoms with Crippen molar-refractivity contribution in [2.45, 2.75) is 18.3 Å². The lowest BCUT2D eigenvalue weighted by molar-refractivity contribution is -0.139. The van der Waals surface area contributed by atoms with Crippen LogP contribution in [0.25, 0.3) is 0 Å². The van der Waals surface area contributed by atoms with E-state index in [0.717, 1.165) is 12.0 Å². The van der Waals surface area contributed by atoms with Crippen molar-refractivity contribution in [3.63, 3.8) is 0 Å². The van der Waals surface area contributed by atoms with Crippen LogP contribution < -0.4 is 0 Å². The minimum Gasteiger partial charge on any atom is -0.481 e. The highest BCUT2D eigenvalue weighted by atomic mass is 16.4. The molecule has 0 aliphatic heterocycles. The van der Waals surface area contributed by atoms with Crippen molar-refractivity contribution < 1.29 is 9.90 Å². The molecule has 2 nitrogen and oxygen atoms in total. The van der Waals surface area contributed by atoms with Crippen LogP contribution in [-0.2, 0) is 4.79 Å². The van der Waals surface area contributed by atoms with E-state index in [-0.39, 0.29) is 11.8 Å². The van der Waals surface area contributed by atoms with E-state index < -0.39 is 5.97 Å². The van der Waals surface area contributed by atoms with Gasteiger partial charge in [-0.25, -0.2) is 0 Å². The van der Waals surface area contributed by atoms with Crippen molar-refractivity contribution in [3.8, 4) is 0 Å². The van der Waals surface area contributed by atoms with Crippen LogP contribution in [0.2, 0.25) is 0 Å². The first kappa shape index (κ1) is 12.0. The fraction of sp³-hybridized carbons (Fsp3) is 0.235. The first-order chi connectivity index (χ1) is 9.27. The van der Waals surface area contributed by atoms with Crippen LogP contribution in [-0.4, -0.2) is 11.1 Å². The van der Waals surface area contributed by atoms with Gasteiger partial charge in [0.2, 0.25) is 0 Å². The molecule has 2 aromatic rings. The molecule has 2 heteroatoms. The predicted octanol–water partition coefficient (Wildman–Crippen LogP) is 3.66. The molecule has 0 saturated heterocycles. The van der Waals surface area contributed by atoms with Crippen LogP contribution in [0.1, 0.15) is 29.4 Å². The molecule has 0 heterocycles. The normalized spacial score (nSPS) is 22.7. The maximum atomic E-state index is 11.6. The van der Waals surface area contributed by atoms with Crippen molar-refractivity contribution in [2.75, 3.05) is 0 Å². The van der Waals surface area contributed by atoms with Crippen LogP contribution in [0.3, 0.4) is 0 Å². The van der Waals surface area contributed by atoms with Gasteiger partial charge in [-0.1, -0.05) is 60.7 Å². The first-order valence-electron chi connectivity index (χ1n) is 6.60. The first-order valence-corrected chi connectivity index (χ1v) is 6.60. The predicted molar refractivity (Wildman–Crippen MR) is 74.1 cm³/mol. The van der Waals surface area contributed by atoms with E-state index in [1.807, 2.05) is 48.5 Å². The maximum absolute atomic E-state index is 11.6. The van der Waals surface area contributed by atoms with Gasteiger partial charge in [0.15, 0.2) is 0 Å². The van der Waals surface area contributed by atoms with Gasteiger partial charge in [-0.2, -0.15) is 0 Å². The van der Waals surface area contributed by atoms with E-state index in [0.29, 0.717) is 5.92 Å². The summed E-state index contributed by atoms with van der Waals surface area (Å²) in [6.45, 7) is 0. The Morgan fingerprint density at radius 1 is 1.00 bits per heavy atom. The average Bonchev–Trinajstić information content (AvgIpc) is 3.21. The van der Waals surface area contributed by atoms with E-state index in [2.05, 4.69) is 12.1 Å². The lowest BCUT2D eigenvalue weighted by Crippen LogP contribution is -2.14. The van der Waals surface area contributed by atoms with Crippen LogP contribution in [0.4, 0.5) is 0 Å². The summed E-state index contributed by atoms with van der Waals surface area (Å²) < 4.78 is 0. The summed E-state index contributed by atoms with van der Waals surface area (Å²) in [7, 11) is 0. The van der Waals surface area contributed by atoms with Gasteiger partial charge in [0, 0.05) is 0 Å². The summed E-state index contributed by atoms with van der Waals surface area (Å²) in [6, 6.07) is 19.8. The molecule has 0 spiro atoms. The highest BCUT2D eigenvalue weighted by Crippen LogP contribution is 2.54. The maximum Gasteiger partial charge on any atom is 0.311 e. The number of benzene rings is 2. The molecule has 0 radical (unpaired) electrons. The molecule has 2 aromatic carbocycles. The largest absolute Gasteiger partial charge is 0.481 e. The number of carboxylic acid groups (broad SMARTS) is 1. The smallest absolute Gasteiger partial charge is 0.311 e. The Balaban J connectivity index is 1.83. The summed E-state index contributed by atoms with van der Waals surface area (Å²) in [5.74, 6) is -0.481. The number of hydrogen-bond donors (Lipinski definition) is 1. The van der Waals surface area contributed by atoms with E-state index in [4.69, 9.17) is 0 Å². The summed E-state index contributed by atoms with van der Waals surface area (Å²) >= 11 is 0. The zero-order valence-electron chi connectivity index (χ0n) is 10.6. The zero-order valence-corrected chi connectivity index (χ0v) is 10.6. The molecule has 0 aromatic heterocycles. The quantitative estimate of drug-likeness (QED) is 0.901. The number of carboxylic acids is 1. The highest BCUT2D eigenvalue weighted by Gasteiger charge is 2.47. The second kappa shape index (κ2) is 4.88. The van der Waals surface area contributed by atoms with Gasteiger partial charge in [-0.05, 0) is 29.4 Å². The lowest BCUT2D eigenvalue weighted by Gasteiger charge is -2.12. The second-order valence-electron chi connectivity index (χ2n) is 5.14. The monoisotopic (exact) mass is 252 g/mol. The number of rotatable bonds is 4. The molecule has 0 amide bonds. The van der Waals surface area contributed by atoms with E-state index in [1.54, 1.807) is 0 Å². The van der Waals surface area contributed by atoms with Gasteiger partial charge in [0.05, 0.1) is 5.92 Å². The van der Waals surface area contributed by atoms with E-state index >= 15 is 0 Å². The standard InChI is InChI=1S/C17H16O2/c18-17(19)16(13-9-5-2-6-10-13)15-11-14(15)12-7-3-1-4-8-12/h1-10,14-16H,11H2,(H,18,19). The van der Waals surface area contributed by atoms with Gasteiger partial charge in [-0.3, -0.25) is 4.79 Å². The van der Waals surface area contributed by atoms with E-state index in [1.165, 1.54) is 5.56 Å².